The topological polar surface area (TPSA) is 280 Å². The molecule has 0 fully saturated rings. The second-order valence-electron chi connectivity index (χ2n) is 6.99. The van der Waals surface area contributed by atoms with Crippen LogP contribution in [0.3, 0.4) is 0 Å². The first-order chi connectivity index (χ1) is 15.3. The molecule has 0 aromatic carbocycles. The number of hydrogen-bond donors (Lipinski definition) is 9. The van der Waals surface area contributed by atoms with Gasteiger partial charge in [-0.15, -0.1) is 0 Å². The highest BCUT2D eigenvalue weighted by Gasteiger charge is 2.31. The average Bonchev–Trinajstić information content (AvgIpc) is 2.71. The molecule has 16 heteroatoms. The molecule has 6 amide bonds. The number of thiol groups is 1. The van der Waals surface area contributed by atoms with E-state index in [1.54, 1.807) is 0 Å². The average molecular weight is 492 g/mol. The van der Waals surface area contributed by atoms with E-state index >= 15 is 0 Å². The maximum atomic E-state index is 12.7. The Labute approximate surface area is 194 Å². The molecule has 0 aliphatic heterocycles. The minimum absolute atomic E-state index is 0.129. The predicted octanol–water partition coefficient (Wildman–Crippen LogP) is -4.81. The lowest BCUT2D eigenvalue weighted by atomic mass is 10.1. The Kier molecular flexibility index (Phi) is 13.1. The van der Waals surface area contributed by atoms with Crippen LogP contribution in [0, 0.1) is 0 Å². The maximum absolute atomic E-state index is 12.7. The van der Waals surface area contributed by atoms with Gasteiger partial charge in [-0.25, -0.2) is 4.79 Å². The fourth-order valence-electron chi connectivity index (χ4n) is 2.40. The number of nitrogens with two attached hydrogens (primary N) is 4. The molecule has 15 nitrogen and oxygen atoms in total. The van der Waals surface area contributed by atoms with Crippen molar-refractivity contribution >= 4 is 54.0 Å². The van der Waals surface area contributed by atoms with Crippen molar-refractivity contribution in [3.8, 4) is 0 Å². The summed E-state index contributed by atoms with van der Waals surface area (Å²) >= 11 is 3.81. The van der Waals surface area contributed by atoms with E-state index in [1.165, 1.54) is 0 Å². The van der Waals surface area contributed by atoms with Gasteiger partial charge in [0.25, 0.3) is 0 Å². The van der Waals surface area contributed by atoms with Gasteiger partial charge in [0.15, 0.2) is 0 Å². The second-order valence-corrected chi connectivity index (χ2v) is 7.36. The lowest BCUT2D eigenvalue weighted by molar-refractivity contribution is -0.142. The molecule has 186 valence electrons. The van der Waals surface area contributed by atoms with Crippen LogP contribution in [0.25, 0.3) is 0 Å². The van der Waals surface area contributed by atoms with Gasteiger partial charge in [-0.05, 0) is 12.8 Å². The van der Waals surface area contributed by atoms with E-state index in [9.17, 15) is 33.6 Å². The summed E-state index contributed by atoms with van der Waals surface area (Å²) in [6, 6.07) is -5.62. The minimum atomic E-state index is -1.56. The Morgan fingerprint density at radius 3 is 1.61 bits per heavy atom. The van der Waals surface area contributed by atoms with Crippen molar-refractivity contribution in [1.29, 1.82) is 0 Å². The van der Waals surface area contributed by atoms with Crippen molar-refractivity contribution in [3.63, 3.8) is 0 Å². The molecule has 0 radical (unpaired) electrons. The number of nitrogens with one attached hydrogen (secondary N) is 3. The molecule has 0 spiro atoms. The summed E-state index contributed by atoms with van der Waals surface area (Å²) < 4.78 is 0. The van der Waals surface area contributed by atoms with Crippen molar-refractivity contribution in [3.05, 3.63) is 0 Å². The number of carboxylic acids is 1. The fourth-order valence-corrected chi connectivity index (χ4v) is 2.65. The lowest BCUT2D eigenvalue weighted by Gasteiger charge is -2.24. The van der Waals surface area contributed by atoms with E-state index < -0.39 is 72.0 Å². The monoisotopic (exact) mass is 491 g/mol. The largest absolute Gasteiger partial charge is 0.480 e. The highest BCUT2D eigenvalue weighted by molar-refractivity contribution is 7.80. The third-order valence-corrected chi connectivity index (χ3v) is 4.55. The number of hydrogen-bond acceptors (Lipinski definition) is 9. The first-order valence-electron chi connectivity index (χ1n) is 9.63. The van der Waals surface area contributed by atoms with Crippen LogP contribution in [0.4, 0.5) is 0 Å². The number of primary amides is 3. The summed E-state index contributed by atoms with van der Waals surface area (Å²) in [5.41, 5.74) is 20.8. The van der Waals surface area contributed by atoms with Gasteiger partial charge >= 0.3 is 5.97 Å². The summed E-state index contributed by atoms with van der Waals surface area (Å²) in [5, 5.41) is 15.6. The highest BCUT2D eigenvalue weighted by atomic mass is 32.1. The Hall–Kier alpha value is -3.40. The molecule has 4 atom stereocenters. The molecule has 33 heavy (non-hydrogen) atoms. The maximum Gasteiger partial charge on any atom is 0.327 e. The normalized spacial score (nSPS) is 14.1. The third kappa shape index (κ3) is 12.3. The van der Waals surface area contributed by atoms with Gasteiger partial charge in [0.2, 0.25) is 35.4 Å². The first-order valence-corrected chi connectivity index (χ1v) is 10.3. The van der Waals surface area contributed by atoms with E-state index in [0.29, 0.717) is 0 Å². The van der Waals surface area contributed by atoms with Crippen LogP contribution >= 0.6 is 12.6 Å². The molecule has 0 aliphatic rings. The van der Waals surface area contributed by atoms with Crippen molar-refractivity contribution in [2.45, 2.75) is 56.3 Å². The Morgan fingerprint density at radius 1 is 0.697 bits per heavy atom. The van der Waals surface area contributed by atoms with E-state index in [0.717, 1.165) is 0 Å². The number of carboxylic acid groups (broad SMARTS) is 1. The first kappa shape index (κ1) is 29.6. The Morgan fingerprint density at radius 2 is 1.15 bits per heavy atom. The number of aliphatic carboxylic acids is 1. The van der Waals surface area contributed by atoms with Gasteiger partial charge in [0.05, 0.1) is 12.5 Å². The van der Waals surface area contributed by atoms with E-state index in [-0.39, 0.29) is 31.4 Å². The number of amides is 6. The number of rotatable bonds is 16. The molecule has 12 N–H and O–H groups in total. The Bertz CT molecular complexity index is 778. The molecular weight excluding hydrogens is 462 g/mol. The van der Waals surface area contributed by atoms with Crippen molar-refractivity contribution in [2.75, 3.05) is 5.75 Å². The van der Waals surface area contributed by atoms with E-state index in [4.69, 9.17) is 28.0 Å². The molecule has 0 aromatic heterocycles. The molecule has 0 heterocycles. The van der Waals surface area contributed by atoms with Gasteiger partial charge in [0, 0.05) is 18.6 Å². The lowest BCUT2D eigenvalue weighted by Crippen LogP contribution is -2.58. The van der Waals surface area contributed by atoms with Gasteiger partial charge in [0.1, 0.15) is 18.1 Å². The third-order valence-electron chi connectivity index (χ3n) is 4.19. The molecule has 0 bridgehead atoms. The molecule has 0 aromatic rings. The quantitative estimate of drug-likeness (QED) is 0.0935. The van der Waals surface area contributed by atoms with Gasteiger partial charge in [-0.3, -0.25) is 28.8 Å². The van der Waals surface area contributed by atoms with E-state index in [1.807, 2.05) is 0 Å². The zero-order valence-corrected chi connectivity index (χ0v) is 18.5. The molecule has 0 saturated heterocycles. The minimum Gasteiger partial charge on any atom is -0.480 e. The van der Waals surface area contributed by atoms with Crippen LogP contribution in [0.15, 0.2) is 0 Å². The van der Waals surface area contributed by atoms with Gasteiger partial charge < -0.3 is 44.0 Å². The standard InChI is InChI=1S/C17H29N7O8S/c18-7(1-3-11(19)25)14(28)23-9(5-13(21)27)16(30)22-8(2-4-12(20)26)15(29)24-10(6-33)17(31)32/h7-10,33H,1-6,18H2,(H2,19,25)(H2,20,26)(H2,21,27)(H,22,30)(H,23,28)(H,24,29)(H,31,32). The van der Waals surface area contributed by atoms with E-state index in [2.05, 4.69) is 28.6 Å². The zero-order chi connectivity index (χ0) is 25.7. The molecule has 0 aliphatic carbocycles. The summed E-state index contributed by atoms with van der Waals surface area (Å²) in [4.78, 5) is 81.8. The van der Waals surface area contributed by atoms with Crippen molar-refractivity contribution < 1.29 is 38.7 Å². The Balaban J connectivity index is 5.47. The summed E-state index contributed by atoms with van der Waals surface area (Å²) in [6.07, 6.45) is -1.65. The fraction of sp³-hybridized carbons (Fsp3) is 0.588. The van der Waals surface area contributed by atoms with Crippen LogP contribution in [0.1, 0.15) is 32.1 Å². The number of carbonyl (C=O) groups excluding carboxylic acids is 6. The smallest absolute Gasteiger partial charge is 0.327 e. The van der Waals surface area contributed by atoms with Gasteiger partial charge in [-0.1, -0.05) is 0 Å². The SMILES string of the molecule is NC(=O)CCC(N)C(=O)NC(CC(N)=O)C(=O)NC(CCC(N)=O)C(=O)NC(CS)C(=O)O. The molecular formula is C17H29N7O8S. The summed E-state index contributed by atoms with van der Waals surface area (Å²) in [6.45, 7) is 0. The van der Waals surface area contributed by atoms with Crippen molar-refractivity contribution in [1.82, 2.24) is 16.0 Å². The van der Waals surface area contributed by atoms with Gasteiger partial charge in [-0.2, -0.15) is 12.6 Å². The predicted molar refractivity (Wildman–Crippen MR) is 116 cm³/mol. The molecule has 4 unspecified atom stereocenters. The molecule has 0 saturated carbocycles. The zero-order valence-electron chi connectivity index (χ0n) is 17.6. The highest BCUT2D eigenvalue weighted by Crippen LogP contribution is 2.03. The van der Waals surface area contributed by atoms with Crippen LogP contribution in [0.5, 0.6) is 0 Å². The summed E-state index contributed by atoms with van der Waals surface area (Å²) in [7, 11) is 0. The molecule has 0 rings (SSSR count). The van der Waals surface area contributed by atoms with Crippen LogP contribution in [0.2, 0.25) is 0 Å². The number of carbonyl (C=O) groups is 7. The van der Waals surface area contributed by atoms with Crippen LogP contribution in [-0.4, -0.2) is 76.4 Å². The van der Waals surface area contributed by atoms with Crippen LogP contribution < -0.4 is 38.9 Å². The summed E-state index contributed by atoms with van der Waals surface area (Å²) in [5.74, 6) is -7.01. The van der Waals surface area contributed by atoms with Crippen molar-refractivity contribution in [2.24, 2.45) is 22.9 Å². The van der Waals surface area contributed by atoms with Crippen LogP contribution in [-0.2, 0) is 33.6 Å². The second kappa shape index (κ2) is 14.6.